The van der Waals surface area contributed by atoms with Crippen LogP contribution >= 0.6 is 0 Å². The van der Waals surface area contributed by atoms with Gasteiger partial charge in [0.25, 0.3) is 0 Å². The maximum atomic E-state index is 12.8. The Morgan fingerprint density at radius 3 is 2.52 bits per heavy atom. The van der Waals surface area contributed by atoms with Crippen LogP contribution in [0.25, 0.3) is 0 Å². The zero-order valence-electron chi connectivity index (χ0n) is 13.7. The van der Waals surface area contributed by atoms with Crippen molar-refractivity contribution in [3.63, 3.8) is 0 Å². The summed E-state index contributed by atoms with van der Waals surface area (Å²) in [5, 5.41) is 0. The highest BCUT2D eigenvalue weighted by Crippen LogP contribution is 2.50. The smallest absolute Gasteiger partial charge is 0.223 e. The third-order valence-corrected chi connectivity index (χ3v) is 5.71. The molecule has 0 N–H and O–H groups in total. The van der Waals surface area contributed by atoms with Crippen LogP contribution in [0.15, 0.2) is 54.6 Å². The van der Waals surface area contributed by atoms with Crippen LogP contribution in [0.4, 0.5) is 0 Å². The molecule has 2 aliphatic rings. The number of rotatable bonds is 2. The minimum Gasteiger partial charge on any atom is -0.326 e. The standard InChI is InChI=1S/C21H23NO/c1-16(17-8-3-2-4-9-17)22-20(23)13-15-21(22)14-7-11-18-10-5-6-12-19(18)21/h2-6,8-10,12,16H,7,11,13-15H2,1H3/t16-,21?/m1/s1. The Kier molecular flexibility index (Phi) is 3.48. The van der Waals surface area contributed by atoms with Crippen LogP contribution in [0.3, 0.4) is 0 Å². The van der Waals surface area contributed by atoms with Crippen molar-refractivity contribution in [2.75, 3.05) is 0 Å². The molecule has 4 rings (SSSR count). The third-order valence-electron chi connectivity index (χ3n) is 5.71. The van der Waals surface area contributed by atoms with Gasteiger partial charge >= 0.3 is 0 Å². The highest BCUT2D eigenvalue weighted by Gasteiger charge is 2.50. The lowest BCUT2D eigenvalue weighted by Crippen LogP contribution is -2.46. The number of carbonyl (C=O) groups excluding carboxylic acids is 1. The second kappa shape index (κ2) is 5.52. The van der Waals surface area contributed by atoms with Gasteiger partial charge in [0.2, 0.25) is 5.91 Å². The van der Waals surface area contributed by atoms with Crippen molar-refractivity contribution in [1.82, 2.24) is 4.90 Å². The van der Waals surface area contributed by atoms with Crippen LogP contribution in [-0.2, 0) is 16.8 Å². The lowest BCUT2D eigenvalue weighted by atomic mass is 9.74. The summed E-state index contributed by atoms with van der Waals surface area (Å²) in [6.07, 6.45) is 5.03. The van der Waals surface area contributed by atoms with Gasteiger partial charge in [-0.2, -0.15) is 0 Å². The van der Waals surface area contributed by atoms with Crippen molar-refractivity contribution in [3.05, 3.63) is 71.3 Å². The van der Waals surface area contributed by atoms with E-state index in [4.69, 9.17) is 0 Å². The molecule has 118 valence electrons. The summed E-state index contributed by atoms with van der Waals surface area (Å²) >= 11 is 0. The van der Waals surface area contributed by atoms with E-state index in [-0.39, 0.29) is 11.6 Å². The monoisotopic (exact) mass is 305 g/mol. The van der Waals surface area contributed by atoms with Gasteiger partial charge in [-0.05, 0) is 49.3 Å². The van der Waals surface area contributed by atoms with Crippen LogP contribution in [-0.4, -0.2) is 10.8 Å². The van der Waals surface area contributed by atoms with E-state index in [0.717, 1.165) is 19.3 Å². The van der Waals surface area contributed by atoms with E-state index < -0.39 is 0 Å². The lowest BCUT2D eigenvalue weighted by Gasteiger charge is -2.46. The van der Waals surface area contributed by atoms with E-state index >= 15 is 0 Å². The molecular formula is C21H23NO. The Hall–Kier alpha value is -2.09. The molecular weight excluding hydrogens is 282 g/mol. The summed E-state index contributed by atoms with van der Waals surface area (Å²) in [5.74, 6) is 0.304. The molecule has 1 aliphatic heterocycles. The highest BCUT2D eigenvalue weighted by atomic mass is 16.2. The molecule has 0 radical (unpaired) electrons. The molecule has 1 heterocycles. The summed E-state index contributed by atoms with van der Waals surface area (Å²) in [5.41, 5.74) is 3.95. The quantitative estimate of drug-likeness (QED) is 0.794. The Labute approximate surface area is 138 Å². The third kappa shape index (κ3) is 2.20. The zero-order valence-corrected chi connectivity index (χ0v) is 13.7. The topological polar surface area (TPSA) is 20.3 Å². The first-order chi connectivity index (χ1) is 11.2. The van der Waals surface area contributed by atoms with E-state index in [9.17, 15) is 4.79 Å². The summed E-state index contributed by atoms with van der Waals surface area (Å²) in [6.45, 7) is 2.18. The molecule has 0 bridgehead atoms. The molecule has 2 atom stereocenters. The summed E-state index contributed by atoms with van der Waals surface area (Å²) in [7, 11) is 0. The fourth-order valence-electron chi connectivity index (χ4n) is 4.67. The van der Waals surface area contributed by atoms with Crippen molar-refractivity contribution in [1.29, 1.82) is 0 Å². The van der Waals surface area contributed by atoms with Crippen molar-refractivity contribution < 1.29 is 4.79 Å². The summed E-state index contributed by atoms with van der Waals surface area (Å²) < 4.78 is 0. The van der Waals surface area contributed by atoms with Crippen molar-refractivity contribution in [2.45, 2.75) is 50.6 Å². The summed E-state index contributed by atoms with van der Waals surface area (Å²) in [6, 6.07) is 19.3. The number of benzene rings is 2. The van der Waals surface area contributed by atoms with Crippen molar-refractivity contribution in [3.8, 4) is 0 Å². The minimum absolute atomic E-state index is 0.0960. The number of hydrogen-bond donors (Lipinski definition) is 0. The maximum Gasteiger partial charge on any atom is 0.223 e. The zero-order chi connectivity index (χ0) is 15.9. The molecule has 1 aliphatic carbocycles. The average molecular weight is 305 g/mol. The van der Waals surface area contributed by atoms with Gasteiger partial charge in [-0.15, -0.1) is 0 Å². The predicted molar refractivity (Wildman–Crippen MR) is 92.0 cm³/mol. The number of hydrogen-bond acceptors (Lipinski definition) is 1. The van der Waals surface area contributed by atoms with E-state index in [1.54, 1.807) is 0 Å². The first-order valence-corrected chi connectivity index (χ1v) is 8.68. The second-order valence-corrected chi connectivity index (χ2v) is 6.89. The van der Waals surface area contributed by atoms with E-state index in [1.807, 2.05) is 6.07 Å². The molecule has 23 heavy (non-hydrogen) atoms. The van der Waals surface area contributed by atoms with Crippen molar-refractivity contribution in [2.24, 2.45) is 0 Å². The lowest BCUT2D eigenvalue weighted by molar-refractivity contribution is -0.134. The van der Waals surface area contributed by atoms with Gasteiger partial charge in [-0.1, -0.05) is 54.6 Å². The number of aryl methyl sites for hydroxylation is 1. The van der Waals surface area contributed by atoms with E-state index in [0.29, 0.717) is 12.3 Å². The summed E-state index contributed by atoms with van der Waals surface area (Å²) in [4.78, 5) is 15.0. The maximum absolute atomic E-state index is 12.8. The first-order valence-electron chi connectivity index (χ1n) is 8.68. The number of nitrogens with zero attached hydrogens (tertiary/aromatic N) is 1. The van der Waals surface area contributed by atoms with Gasteiger partial charge in [0.15, 0.2) is 0 Å². The number of likely N-dealkylation sites (tertiary alicyclic amines) is 1. The van der Waals surface area contributed by atoms with Crippen LogP contribution in [0, 0.1) is 0 Å². The number of carbonyl (C=O) groups is 1. The van der Waals surface area contributed by atoms with Crippen LogP contribution in [0.2, 0.25) is 0 Å². The van der Waals surface area contributed by atoms with Crippen molar-refractivity contribution >= 4 is 5.91 Å². The molecule has 1 amide bonds. The molecule has 2 nitrogen and oxygen atoms in total. The van der Waals surface area contributed by atoms with E-state index in [2.05, 4.69) is 60.4 Å². The largest absolute Gasteiger partial charge is 0.326 e. The SMILES string of the molecule is C[C@H](c1ccccc1)N1C(=O)CCC12CCCc1ccccc12. The molecule has 2 aromatic rings. The second-order valence-electron chi connectivity index (χ2n) is 6.89. The fourth-order valence-corrected chi connectivity index (χ4v) is 4.67. The van der Waals surface area contributed by atoms with Crippen LogP contribution in [0.1, 0.15) is 55.3 Å². The van der Waals surface area contributed by atoms with Gasteiger partial charge in [0, 0.05) is 6.42 Å². The molecule has 1 saturated heterocycles. The molecule has 0 aromatic heterocycles. The highest BCUT2D eigenvalue weighted by molar-refractivity contribution is 5.81. The van der Waals surface area contributed by atoms with E-state index in [1.165, 1.54) is 23.1 Å². The Balaban J connectivity index is 1.81. The molecule has 1 spiro atoms. The Morgan fingerprint density at radius 2 is 1.70 bits per heavy atom. The molecule has 1 unspecified atom stereocenters. The predicted octanol–water partition coefficient (Wildman–Crippen LogP) is 4.60. The van der Waals surface area contributed by atoms with Gasteiger partial charge < -0.3 is 4.90 Å². The molecule has 2 aromatic carbocycles. The number of amides is 1. The van der Waals surface area contributed by atoms with Gasteiger partial charge in [0.1, 0.15) is 0 Å². The first kappa shape index (κ1) is 14.5. The Morgan fingerprint density at radius 1 is 0.957 bits per heavy atom. The van der Waals surface area contributed by atoms with Gasteiger partial charge in [-0.3, -0.25) is 4.79 Å². The Bertz CT molecular complexity index is 724. The fraction of sp³-hybridized carbons (Fsp3) is 0.381. The molecule has 1 fully saturated rings. The van der Waals surface area contributed by atoms with Gasteiger partial charge in [-0.25, -0.2) is 0 Å². The molecule has 2 heteroatoms. The normalized spacial score (nSPS) is 24.7. The van der Waals surface area contributed by atoms with Gasteiger partial charge in [0.05, 0.1) is 11.6 Å². The number of fused-ring (bicyclic) bond motifs is 2. The van der Waals surface area contributed by atoms with Crippen LogP contribution in [0.5, 0.6) is 0 Å². The van der Waals surface area contributed by atoms with Crippen LogP contribution < -0.4 is 0 Å². The molecule has 0 saturated carbocycles. The average Bonchev–Trinajstić information content (AvgIpc) is 2.92. The minimum atomic E-state index is -0.0960.